The quantitative estimate of drug-likeness (QED) is 0.288. The van der Waals surface area contributed by atoms with E-state index in [1.54, 1.807) is 12.5 Å². The summed E-state index contributed by atoms with van der Waals surface area (Å²) in [5, 5.41) is 5.83. The molecule has 0 aliphatic carbocycles. The van der Waals surface area contributed by atoms with E-state index in [-0.39, 0.29) is 24.2 Å². The van der Waals surface area contributed by atoms with Crippen LogP contribution in [0.1, 0.15) is 61.9 Å². The molecule has 3 rings (SSSR count). The number of aldehydes is 1. The monoisotopic (exact) mass is 502 g/mol. The van der Waals surface area contributed by atoms with Gasteiger partial charge in [-0.3, -0.25) is 9.59 Å². The van der Waals surface area contributed by atoms with Gasteiger partial charge in [-0.1, -0.05) is 75.4 Å². The molecule has 1 unspecified atom stereocenters. The molecule has 196 valence electrons. The molecule has 0 aliphatic heterocycles. The van der Waals surface area contributed by atoms with Crippen LogP contribution >= 0.6 is 0 Å². The van der Waals surface area contributed by atoms with Crippen LogP contribution in [0.5, 0.6) is 0 Å². The molecule has 3 atom stereocenters. The van der Waals surface area contributed by atoms with Crippen LogP contribution < -0.4 is 10.6 Å². The highest BCUT2D eigenvalue weighted by atomic mass is 16.2. The second kappa shape index (κ2) is 14.1. The third-order valence-electron chi connectivity index (χ3n) is 6.52. The zero-order valence-corrected chi connectivity index (χ0v) is 21.9. The average Bonchev–Trinajstić information content (AvgIpc) is 3.41. The van der Waals surface area contributed by atoms with Gasteiger partial charge in [0.15, 0.2) is 0 Å². The SMILES string of the molecule is CCc1ccccc1C(CCc1ccccc1)C(=O)N[C@@H](Cc1cnc[nH]1)C(=O)N[C@H](C=O)CC(C)C. The number of hydrogen-bond acceptors (Lipinski definition) is 4. The van der Waals surface area contributed by atoms with Crippen molar-refractivity contribution in [3.05, 3.63) is 89.5 Å². The smallest absolute Gasteiger partial charge is 0.243 e. The second-order valence-electron chi connectivity index (χ2n) is 9.85. The number of aryl methyl sites for hydroxylation is 2. The van der Waals surface area contributed by atoms with Crippen molar-refractivity contribution in [2.45, 2.75) is 70.9 Å². The van der Waals surface area contributed by atoms with Crippen molar-refractivity contribution in [1.29, 1.82) is 0 Å². The summed E-state index contributed by atoms with van der Waals surface area (Å²) >= 11 is 0. The Morgan fingerprint density at radius 3 is 2.38 bits per heavy atom. The van der Waals surface area contributed by atoms with E-state index in [2.05, 4.69) is 39.7 Å². The summed E-state index contributed by atoms with van der Waals surface area (Å²) in [7, 11) is 0. The predicted octanol–water partition coefficient (Wildman–Crippen LogP) is 4.15. The topological polar surface area (TPSA) is 104 Å². The Kier molecular flexibility index (Phi) is 10.6. The van der Waals surface area contributed by atoms with E-state index < -0.39 is 18.0 Å². The lowest BCUT2D eigenvalue weighted by Crippen LogP contribution is -2.52. The minimum atomic E-state index is -0.851. The lowest BCUT2D eigenvalue weighted by molar-refractivity contribution is -0.130. The van der Waals surface area contributed by atoms with E-state index in [9.17, 15) is 14.4 Å². The first kappa shape index (κ1) is 27.8. The number of nitrogens with one attached hydrogen (secondary N) is 3. The molecular weight excluding hydrogens is 464 g/mol. The fourth-order valence-corrected chi connectivity index (χ4v) is 4.62. The third kappa shape index (κ3) is 8.41. The van der Waals surface area contributed by atoms with Gasteiger partial charge in [-0.15, -0.1) is 0 Å². The molecule has 0 aliphatic rings. The van der Waals surface area contributed by atoms with E-state index in [4.69, 9.17) is 0 Å². The fraction of sp³-hybridized carbons (Fsp3) is 0.400. The number of aromatic nitrogens is 2. The Labute approximate surface area is 219 Å². The Hall–Kier alpha value is -3.74. The first-order valence-electron chi connectivity index (χ1n) is 13.1. The molecule has 1 heterocycles. The van der Waals surface area contributed by atoms with E-state index >= 15 is 0 Å². The van der Waals surface area contributed by atoms with Crippen LogP contribution in [0.25, 0.3) is 0 Å². The van der Waals surface area contributed by atoms with Crippen LogP contribution in [0.2, 0.25) is 0 Å². The number of rotatable bonds is 14. The molecule has 2 aromatic carbocycles. The van der Waals surface area contributed by atoms with E-state index in [1.807, 2.05) is 56.3 Å². The van der Waals surface area contributed by atoms with Crippen molar-refractivity contribution < 1.29 is 14.4 Å². The number of amides is 2. The number of hydrogen-bond donors (Lipinski definition) is 3. The van der Waals surface area contributed by atoms with E-state index in [1.165, 1.54) is 0 Å². The first-order chi connectivity index (χ1) is 17.9. The van der Waals surface area contributed by atoms with Crippen LogP contribution in [-0.2, 0) is 33.6 Å². The highest BCUT2D eigenvalue weighted by Crippen LogP contribution is 2.26. The lowest BCUT2D eigenvalue weighted by atomic mass is 9.87. The Balaban J connectivity index is 1.85. The first-order valence-corrected chi connectivity index (χ1v) is 13.1. The summed E-state index contributed by atoms with van der Waals surface area (Å²) in [6.45, 7) is 6.07. The third-order valence-corrected chi connectivity index (χ3v) is 6.52. The predicted molar refractivity (Wildman–Crippen MR) is 145 cm³/mol. The van der Waals surface area contributed by atoms with Crippen LogP contribution in [0, 0.1) is 5.92 Å². The van der Waals surface area contributed by atoms with Crippen molar-refractivity contribution in [1.82, 2.24) is 20.6 Å². The number of aromatic amines is 1. The second-order valence-corrected chi connectivity index (χ2v) is 9.85. The molecule has 0 spiro atoms. The zero-order chi connectivity index (χ0) is 26.6. The highest BCUT2D eigenvalue weighted by Gasteiger charge is 2.29. The normalized spacial score (nSPS) is 13.5. The summed E-state index contributed by atoms with van der Waals surface area (Å²) in [4.78, 5) is 45.8. The van der Waals surface area contributed by atoms with E-state index in [0.717, 1.165) is 41.5 Å². The maximum Gasteiger partial charge on any atom is 0.243 e. The molecule has 3 N–H and O–H groups in total. The van der Waals surface area contributed by atoms with Gasteiger partial charge in [-0.05, 0) is 48.3 Å². The molecule has 3 aromatic rings. The van der Waals surface area contributed by atoms with Crippen LogP contribution in [0.15, 0.2) is 67.1 Å². The van der Waals surface area contributed by atoms with Crippen LogP contribution in [-0.4, -0.2) is 40.2 Å². The van der Waals surface area contributed by atoms with E-state index in [0.29, 0.717) is 12.8 Å². The maximum absolute atomic E-state index is 13.8. The summed E-state index contributed by atoms with van der Waals surface area (Å²) in [6, 6.07) is 16.6. The summed E-state index contributed by atoms with van der Waals surface area (Å²) < 4.78 is 0. The standard InChI is InChI=1S/C30H38N4O3/c1-4-23-12-8-9-13-26(23)27(15-14-22-10-6-5-7-11-22)29(36)34-28(17-24-18-31-20-32-24)30(37)33-25(19-35)16-21(2)3/h5-13,18-21,25,27-28H,4,14-17H2,1-3H3,(H,31,32)(H,33,37)(H,34,36)/t25-,27?,28-/m0/s1. The summed E-state index contributed by atoms with van der Waals surface area (Å²) in [6.07, 6.45) is 6.85. The lowest BCUT2D eigenvalue weighted by Gasteiger charge is -2.25. The van der Waals surface area contributed by atoms with Gasteiger partial charge in [0.2, 0.25) is 11.8 Å². The Morgan fingerprint density at radius 2 is 1.73 bits per heavy atom. The minimum absolute atomic E-state index is 0.206. The van der Waals surface area contributed by atoms with Crippen molar-refractivity contribution in [3.8, 4) is 0 Å². The fourth-order valence-electron chi connectivity index (χ4n) is 4.62. The van der Waals surface area contributed by atoms with Gasteiger partial charge in [0.1, 0.15) is 12.3 Å². The molecule has 2 amide bonds. The molecular formula is C30H38N4O3. The van der Waals surface area contributed by atoms with Crippen molar-refractivity contribution >= 4 is 18.1 Å². The van der Waals surface area contributed by atoms with Gasteiger partial charge in [0.05, 0.1) is 18.3 Å². The summed E-state index contributed by atoms with van der Waals surface area (Å²) in [5.74, 6) is -0.774. The number of imidazole rings is 1. The zero-order valence-electron chi connectivity index (χ0n) is 21.9. The van der Waals surface area contributed by atoms with Gasteiger partial charge in [-0.25, -0.2) is 4.98 Å². The number of nitrogens with zero attached hydrogens (tertiary/aromatic N) is 1. The summed E-state index contributed by atoms with van der Waals surface area (Å²) in [5.41, 5.74) is 3.97. The van der Waals surface area contributed by atoms with Crippen molar-refractivity contribution in [2.75, 3.05) is 0 Å². The van der Waals surface area contributed by atoms with Crippen LogP contribution in [0.3, 0.4) is 0 Å². The van der Waals surface area contributed by atoms with Crippen molar-refractivity contribution in [2.24, 2.45) is 5.92 Å². The Bertz CT molecular complexity index is 1130. The molecule has 7 heteroatoms. The minimum Gasteiger partial charge on any atom is -0.348 e. The van der Waals surface area contributed by atoms with Gasteiger partial charge < -0.3 is 20.4 Å². The van der Waals surface area contributed by atoms with Gasteiger partial charge in [0.25, 0.3) is 0 Å². The Morgan fingerprint density at radius 1 is 1.00 bits per heavy atom. The molecule has 0 fully saturated rings. The molecule has 0 bridgehead atoms. The molecule has 0 radical (unpaired) electrons. The maximum atomic E-state index is 13.8. The highest BCUT2D eigenvalue weighted by molar-refractivity contribution is 5.91. The number of carbonyl (C=O) groups is 3. The average molecular weight is 503 g/mol. The number of H-pyrrole nitrogens is 1. The largest absolute Gasteiger partial charge is 0.348 e. The van der Waals surface area contributed by atoms with Gasteiger partial charge in [-0.2, -0.15) is 0 Å². The molecule has 1 aromatic heterocycles. The molecule has 37 heavy (non-hydrogen) atoms. The van der Waals surface area contributed by atoms with Gasteiger partial charge >= 0.3 is 0 Å². The number of carbonyl (C=O) groups excluding carboxylic acids is 3. The molecule has 0 saturated heterocycles. The number of benzene rings is 2. The van der Waals surface area contributed by atoms with Crippen molar-refractivity contribution in [3.63, 3.8) is 0 Å². The van der Waals surface area contributed by atoms with Crippen LogP contribution in [0.4, 0.5) is 0 Å². The van der Waals surface area contributed by atoms with Gasteiger partial charge in [0, 0.05) is 18.3 Å². The molecule has 0 saturated carbocycles. The molecule has 7 nitrogen and oxygen atoms in total.